The smallest absolute Gasteiger partial charge is 0.250 e. The number of thiazole rings is 1. The fourth-order valence-electron chi connectivity index (χ4n) is 4.61. The van der Waals surface area contributed by atoms with Gasteiger partial charge in [0, 0.05) is 13.0 Å². The molecule has 0 aliphatic carbocycles. The van der Waals surface area contributed by atoms with Crippen molar-refractivity contribution < 1.29 is 24.5 Å². The Balaban J connectivity index is 1.46. The number of likely N-dealkylation sites (tertiary alicyclic amines) is 1. The third-order valence-corrected chi connectivity index (χ3v) is 7.79. The van der Waals surface area contributed by atoms with E-state index in [0.717, 1.165) is 21.7 Å². The van der Waals surface area contributed by atoms with Crippen molar-refractivity contribution in [3.8, 4) is 10.4 Å². The Morgan fingerprint density at radius 1 is 1.29 bits per heavy atom. The number of aliphatic hydroxyl groups is 2. The minimum absolute atomic E-state index is 0.0424. The molecule has 0 spiro atoms. The summed E-state index contributed by atoms with van der Waals surface area (Å²) < 4.78 is 5.25. The molecule has 2 amide bonds. The van der Waals surface area contributed by atoms with Crippen LogP contribution in [0.3, 0.4) is 0 Å². The Kier molecular flexibility index (Phi) is 8.71. The van der Waals surface area contributed by atoms with Gasteiger partial charge in [-0.25, -0.2) is 4.98 Å². The molecular formula is C27H37N5O5S. The van der Waals surface area contributed by atoms with Crippen molar-refractivity contribution in [1.82, 2.24) is 25.8 Å². The summed E-state index contributed by atoms with van der Waals surface area (Å²) in [4.78, 5) is 33.4. The van der Waals surface area contributed by atoms with Crippen LogP contribution in [0.5, 0.6) is 0 Å². The number of β-amino-alcohol motifs (C(OH)–C–C–N with tert-alkyl or cyclic N) is 1. The lowest BCUT2D eigenvalue weighted by Gasteiger charge is -2.35. The molecule has 0 unspecified atom stereocenters. The molecule has 2 aromatic rings. The highest BCUT2D eigenvalue weighted by Crippen LogP contribution is 2.30. The number of ether oxygens (including phenoxy) is 1. The van der Waals surface area contributed by atoms with Crippen LogP contribution in [0.15, 0.2) is 41.4 Å². The van der Waals surface area contributed by atoms with Gasteiger partial charge in [-0.3, -0.25) is 14.9 Å². The van der Waals surface area contributed by atoms with E-state index >= 15 is 0 Å². The molecule has 206 valence electrons. The van der Waals surface area contributed by atoms with Gasteiger partial charge in [0.2, 0.25) is 17.7 Å². The lowest BCUT2D eigenvalue weighted by molar-refractivity contribution is -0.139. The van der Waals surface area contributed by atoms with Crippen LogP contribution in [0.4, 0.5) is 0 Å². The molecule has 3 heterocycles. The van der Waals surface area contributed by atoms with E-state index in [1.54, 1.807) is 11.3 Å². The lowest BCUT2D eigenvalue weighted by Crippen LogP contribution is -2.58. The molecule has 0 saturated carbocycles. The van der Waals surface area contributed by atoms with Crippen LogP contribution in [0.25, 0.3) is 10.4 Å². The van der Waals surface area contributed by atoms with E-state index in [4.69, 9.17) is 4.74 Å². The number of carbonyl (C=O) groups is 2. The van der Waals surface area contributed by atoms with E-state index in [0.29, 0.717) is 25.3 Å². The Hall–Kier alpha value is -2.99. The molecular weight excluding hydrogens is 506 g/mol. The number of aryl methyl sites for hydroxylation is 1. The Labute approximate surface area is 227 Å². The maximum atomic E-state index is 13.7. The van der Waals surface area contributed by atoms with Gasteiger partial charge in [-0.2, -0.15) is 0 Å². The van der Waals surface area contributed by atoms with Crippen LogP contribution in [-0.2, 0) is 20.9 Å². The summed E-state index contributed by atoms with van der Waals surface area (Å²) in [6.45, 7) is 8.73. The Morgan fingerprint density at radius 2 is 2.03 bits per heavy atom. The fraction of sp³-hybridized carbons (Fsp3) is 0.519. The summed E-state index contributed by atoms with van der Waals surface area (Å²) in [6, 6.07) is 6.68. The number of hydrogen-bond donors (Lipinski definition) is 5. The zero-order valence-electron chi connectivity index (χ0n) is 22.3. The molecule has 2 fully saturated rings. The molecule has 1 aromatic carbocycles. The maximum Gasteiger partial charge on any atom is 0.250 e. The summed E-state index contributed by atoms with van der Waals surface area (Å²) in [5.41, 5.74) is 4.55. The number of amides is 2. The first-order chi connectivity index (χ1) is 18.0. The van der Waals surface area contributed by atoms with Gasteiger partial charge in [0.15, 0.2) is 0 Å². The molecule has 5 N–H and O–H groups in total. The number of carbonyl (C=O) groups excluding carboxylic acids is 2. The van der Waals surface area contributed by atoms with Gasteiger partial charge in [-0.1, -0.05) is 45.0 Å². The fourth-order valence-corrected chi connectivity index (χ4v) is 5.42. The van der Waals surface area contributed by atoms with Crippen molar-refractivity contribution in [2.75, 3.05) is 19.9 Å². The average molecular weight is 544 g/mol. The quantitative estimate of drug-likeness (QED) is 0.336. The number of nitrogens with one attached hydrogen (secondary N) is 3. The van der Waals surface area contributed by atoms with E-state index < -0.39 is 23.6 Å². The molecule has 4 rings (SSSR count). The van der Waals surface area contributed by atoms with Crippen LogP contribution < -0.4 is 16.0 Å². The van der Waals surface area contributed by atoms with Crippen molar-refractivity contribution in [1.29, 1.82) is 0 Å². The third-order valence-electron chi connectivity index (χ3n) is 6.81. The monoisotopic (exact) mass is 543 g/mol. The maximum absolute atomic E-state index is 13.7. The molecule has 2 aliphatic heterocycles. The summed E-state index contributed by atoms with van der Waals surface area (Å²) in [5.74, 6) is -0.810. The topological polar surface area (TPSA) is 136 Å². The van der Waals surface area contributed by atoms with Crippen molar-refractivity contribution in [3.05, 3.63) is 52.6 Å². The molecule has 2 aliphatic rings. The molecule has 0 bridgehead atoms. The largest absolute Gasteiger partial charge is 0.494 e. The molecule has 38 heavy (non-hydrogen) atoms. The predicted molar refractivity (Wildman–Crippen MR) is 145 cm³/mol. The lowest BCUT2D eigenvalue weighted by atomic mass is 9.85. The van der Waals surface area contributed by atoms with Crippen LogP contribution >= 0.6 is 11.3 Å². The summed E-state index contributed by atoms with van der Waals surface area (Å²) in [7, 11) is 0. The number of benzene rings is 1. The first-order valence-electron chi connectivity index (χ1n) is 12.8. The summed E-state index contributed by atoms with van der Waals surface area (Å²) in [6.07, 6.45) is -0.172. The number of aliphatic hydroxyl groups excluding tert-OH is 2. The normalized spacial score (nSPS) is 22.2. The number of aromatic nitrogens is 1. The second-order valence-electron chi connectivity index (χ2n) is 10.8. The van der Waals surface area contributed by atoms with Crippen molar-refractivity contribution in [3.63, 3.8) is 0 Å². The van der Waals surface area contributed by atoms with Gasteiger partial charge in [0.05, 0.1) is 53.8 Å². The highest BCUT2D eigenvalue weighted by atomic mass is 32.1. The van der Waals surface area contributed by atoms with Crippen molar-refractivity contribution >= 4 is 23.2 Å². The first-order valence-corrected chi connectivity index (χ1v) is 13.7. The van der Waals surface area contributed by atoms with E-state index in [2.05, 4.69) is 20.9 Å². The Bertz CT molecular complexity index is 1170. The second-order valence-corrected chi connectivity index (χ2v) is 11.7. The number of rotatable bonds is 7. The van der Waals surface area contributed by atoms with Gasteiger partial charge in [0.1, 0.15) is 6.04 Å². The molecule has 11 heteroatoms. The zero-order chi connectivity index (χ0) is 27.4. The van der Waals surface area contributed by atoms with Crippen LogP contribution in [-0.4, -0.2) is 70.0 Å². The van der Waals surface area contributed by atoms with E-state index in [1.165, 1.54) is 4.90 Å². The minimum Gasteiger partial charge on any atom is -0.494 e. The first kappa shape index (κ1) is 28.0. The van der Waals surface area contributed by atoms with E-state index in [1.807, 2.05) is 57.5 Å². The molecule has 1 aromatic heterocycles. The molecule has 2 saturated heterocycles. The molecule has 0 radical (unpaired) electrons. The van der Waals surface area contributed by atoms with Gasteiger partial charge in [-0.15, -0.1) is 11.3 Å². The van der Waals surface area contributed by atoms with Gasteiger partial charge in [-0.05, 0) is 29.9 Å². The molecule has 3 atom stereocenters. The van der Waals surface area contributed by atoms with Crippen LogP contribution in [0.2, 0.25) is 0 Å². The van der Waals surface area contributed by atoms with Crippen LogP contribution in [0.1, 0.15) is 44.9 Å². The Morgan fingerprint density at radius 3 is 2.63 bits per heavy atom. The predicted octanol–water partition coefficient (Wildman–Crippen LogP) is 2.40. The summed E-state index contributed by atoms with van der Waals surface area (Å²) in [5, 5.41) is 30.2. The SMILES string of the molecule is Cc1ncsc1-c1ccc(CN/C(O)=C2\C[C@@H](O)CN2C(=O)[C@@H](NC(=O)[C@H]2CCOCN2)C(C)(C)C)cc1. The van der Waals surface area contributed by atoms with E-state index in [-0.39, 0.29) is 37.4 Å². The average Bonchev–Trinajstić information content (AvgIpc) is 3.50. The van der Waals surface area contributed by atoms with Crippen LogP contribution in [0, 0.1) is 12.3 Å². The van der Waals surface area contributed by atoms with Gasteiger partial charge < -0.3 is 30.5 Å². The highest BCUT2D eigenvalue weighted by molar-refractivity contribution is 7.13. The summed E-state index contributed by atoms with van der Waals surface area (Å²) >= 11 is 1.59. The second kappa shape index (κ2) is 11.8. The number of hydrogen-bond acceptors (Lipinski definition) is 9. The minimum atomic E-state index is -0.851. The zero-order valence-corrected chi connectivity index (χ0v) is 23.1. The molecule has 10 nitrogen and oxygen atoms in total. The standard InChI is InChI=1S/C27H37N5O5S/c1-16-22(38-15-30-16)18-7-5-17(6-8-18)12-28-25(35)21-11-19(33)13-32(21)26(36)23(27(2,3)4)31-24(34)20-9-10-37-14-29-20/h5-8,15,19-20,23,28-29,33,35H,9-14H2,1-4H3,(H,31,34)/b25-21-/t19-,20-,23-/m1/s1. The van der Waals surface area contributed by atoms with Crippen molar-refractivity contribution in [2.24, 2.45) is 5.41 Å². The highest BCUT2D eigenvalue weighted by Gasteiger charge is 2.42. The van der Waals surface area contributed by atoms with Gasteiger partial charge in [0.25, 0.3) is 0 Å². The van der Waals surface area contributed by atoms with Gasteiger partial charge >= 0.3 is 0 Å². The third kappa shape index (κ3) is 6.52. The number of nitrogens with zero attached hydrogens (tertiary/aromatic N) is 2. The van der Waals surface area contributed by atoms with Crippen molar-refractivity contribution in [2.45, 2.75) is 65.3 Å². The van der Waals surface area contributed by atoms with E-state index in [9.17, 15) is 19.8 Å².